The molecule has 0 saturated heterocycles. The Morgan fingerprint density at radius 1 is 1.21 bits per heavy atom. The molecule has 0 aliphatic rings. The van der Waals surface area contributed by atoms with Gasteiger partial charge in [0.25, 0.3) is 0 Å². The van der Waals surface area contributed by atoms with Gasteiger partial charge in [0.15, 0.2) is 6.04 Å². The van der Waals surface area contributed by atoms with E-state index in [4.69, 9.17) is 5.11 Å². The number of hydrogen-bond acceptors (Lipinski definition) is 3. The van der Waals surface area contributed by atoms with Gasteiger partial charge in [0.1, 0.15) is 26.8 Å². The second-order valence-corrected chi connectivity index (χ2v) is 3.57. The van der Waals surface area contributed by atoms with Gasteiger partial charge in [-0.2, -0.15) is 4.90 Å². The minimum absolute atomic E-state index is 0.0525. The molecule has 3 heteroatoms. The third-order valence-corrected chi connectivity index (χ3v) is 2.36. The molecule has 0 aliphatic heterocycles. The van der Waals surface area contributed by atoms with E-state index in [1.165, 1.54) is 0 Å². The summed E-state index contributed by atoms with van der Waals surface area (Å²) in [7, 11) is 3.68. The van der Waals surface area contributed by atoms with Crippen LogP contribution in [0.3, 0.4) is 0 Å². The van der Waals surface area contributed by atoms with E-state index in [1.807, 2.05) is 49.3 Å². The summed E-state index contributed by atoms with van der Waals surface area (Å²) in [5.41, 5.74) is 0.834. The number of rotatable bonds is 4. The molecule has 2 N–H and O–H groups in total. The zero-order valence-electron chi connectivity index (χ0n) is 8.59. The molecular weight excluding hydrogens is 178 g/mol. The van der Waals surface area contributed by atoms with Crippen molar-refractivity contribution in [3.8, 4) is 0 Å². The Bertz CT molecular complexity index is 261. The molecule has 14 heavy (non-hydrogen) atoms. The van der Waals surface area contributed by atoms with Crippen LogP contribution in [0.15, 0.2) is 30.3 Å². The zero-order valence-corrected chi connectivity index (χ0v) is 8.59. The van der Waals surface area contributed by atoms with E-state index in [1.54, 1.807) is 0 Å². The molecule has 0 spiro atoms. The van der Waals surface area contributed by atoms with Crippen LogP contribution in [0.2, 0.25) is 0 Å². The molecule has 0 unspecified atom stereocenters. The van der Waals surface area contributed by atoms with Crippen LogP contribution in [-0.4, -0.2) is 37.0 Å². The quantitative estimate of drug-likeness (QED) is 0.686. The van der Waals surface area contributed by atoms with Crippen molar-refractivity contribution in [2.75, 3.05) is 20.7 Å². The maximum Gasteiger partial charge on any atom is 0.185 e. The molecule has 1 radical (unpaired) electrons. The molecule has 0 bridgehead atoms. The number of nitrogens with zero attached hydrogens (tertiary/aromatic N) is 1. The van der Waals surface area contributed by atoms with Crippen molar-refractivity contribution in [3.05, 3.63) is 35.9 Å². The first kappa shape index (κ1) is 11.2. The average molecular weight is 195 g/mol. The van der Waals surface area contributed by atoms with Crippen molar-refractivity contribution in [1.29, 1.82) is 0 Å². The van der Waals surface area contributed by atoms with Crippen LogP contribution >= 0.6 is 0 Å². The van der Waals surface area contributed by atoms with E-state index >= 15 is 0 Å². The Morgan fingerprint density at radius 3 is 2.21 bits per heavy atom. The van der Waals surface area contributed by atoms with Gasteiger partial charge in [0.05, 0.1) is 0 Å². The van der Waals surface area contributed by atoms with Crippen molar-refractivity contribution in [2.45, 2.75) is 12.1 Å². The largest absolute Gasteiger partial charge is 0.390 e. The van der Waals surface area contributed by atoms with E-state index in [0.717, 1.165) is 5.56 Å². The lowest BCUT2D eigenvalue weighted by atomic mass is 10.0. The maximum atomic E-state index is 9.95. The smallest absolute Gasteiger partial charge is 0.185 e. The molecular formula is C11H17NO2+. The molecule has 77 valence electrons. The molecule has 0 aliphatic carbocycles. The van der Waals surface area contributed by atoms with Crippen LogP contribution in [0, 0.1) is 0 Å². The lowest BCUT2D eigenvalue weighted by molar-refractivity contribution is 0.0700. The van der Waals surface area contributed by atoms with E-state index in [2.05, 4.69) is 0 Å². The fraction of sp³-hybridized carbons (Fsp3) is 0.455. The highest BCUT2D eigenvalue weighted by molar-refractivity contribution is 5.19. The van der Waals surface area contributed by atoms with Gasteiger partial charge in [0.2, 0.25) is 0 Å². The van der Waals surface area contributed by atoms with E-state index < -0.39 is 6.10 Å². The summed E-state index contributed by atoms with van der Waals surface area (Å²) in [6, 6.07) is 9.12. The highest BCUT2D eigenvalue weighted by Gasteiger charge is 2.28. The van der Waals surface area contributed by atoms with Crippen molar-refractivity contribution in [2.24, 2.45) is 0 Å². The first-order valence-corrected chi connectivity index (χ1v) is 4.67. The zero-order chi connectivity index (χ0) is 10.6. The molecule has 0 fully saturated rings. The van der Waals surface area contributed by atoms with Crippen LogP contribution < -0.4 is 4.90 Å². The van der Waals surface area contributed by atoms with Crippen molar-refractivity contribution in [1.82, 2.24) is 4.90 Å². The van der Waals surface area contributed by atoms with Gasteiger partial charge in [-0.05, 0) is 5.56 Å². The van der Waals surface area contributed by atoms with Gasteiger partial charge >= 0.3 is 0 Å². The Balaban J connectivity index is 2.78. The fourth-order valence-electron chi connectivity index (χ4n) is 1.42. The summed E-state index contributed by atoms with van der Waals surface area (Å²) in [5, 5.41) is 19.1. The summed E-state index contributed by atoms with van der Waals surface area (Å²) in [6.07, 6.45) is -0.642. The molecule has 0 aromatic heterocycles. The summed E-state index contributed by atoms with van der Waals surface area (Å²) >= 11 is 0. The van der Waals surface area contributed by atoms with E-state index in [9.17, 15) is 5.11 Å². The molecule has 2 atom stereocenters. The Labute approximate surface area is 84.6 Å². The van der Waals surface area contributed by atoms with Crippen molar-refractivity contribution in [3.63, 3.8) is 0 Å². The second-order valence-electron chi connectivity index (χ2n) is 3.57. The monoisotopic (exact) mass is 195 g/mol. The third kappa shape index (κ3) is 2.54. The molecule has 3 nitrogen and oxygen atoms in total. The predicted octanol–water partition coefficient (Wildman–Crippen LogP) is 0.481. The molecule has 1 rings (SSSR count). The first-order chi connectivity index (χ1) is 6.66. The van der Waals surface area contributed by atoms with Gasteiger partial charge in [-0.1, -0.05) is 30.3 Å². The highest BCUT2D eigenvalue weighted by Crippen LogP contribution is 2.17. The van der Waals surface area contributed by atoms with Crippen LogP contribution in [0.1, 0.15) is 11.7 Å². The normalized spacial score (nSPS) is 15.5. The summed E-state index contributed by atoms with van der Waals surface area (Å²) in [5.74, 6) is 0. The standard InChI is InChI=1S/C11H17NO2/c1-12(2)10(8-13)11(14)9-6-4-3-5-7-9/h3-7,10-11,13-14H,8H2,1-2H3/q+1/t10-,11-/m0/s1. The maximum absolute atomic E-state index is 9.95. The van der Waals surface area contributed by atoms with Gasteiger partial charge in [-0.15, -0.1) is 0 Å². The van der Waals surface area contributed by atoms with Crippen molar-refractivity contribution >= 4 is 0 Å². The summed E-state index contributed by atoms with van der Waals surface area (Å²) in [4.78, 5) is 1.82. The molecule has 0 saturated carbocycles. The van der Waals surface area contributed by atoms with Crippen molar-refractivity contribution < 1.29 is 10.2 Å². The lowest BCUT2D eigenvalue weighted by Crippen LogP contribution is -2.41. The lowest BCUT2D eigenvalue weighted by Gasteiger charge is -2.19. The third-order valence-electron chi connectivity index (χ3n) is 2.36. The van der Waals surface area contributed by atoms with Crippen LogP contribution in [0.25, 0.3) is 0 Å². The minimum atomic E-state index is -0.642. The molecule has 1 aromatic rings. The van der Waals surface area contributed by atoms with Gasteiger partial charge in [0, 0.05) is 0 Å². The SMILES string of the molecule is C[N+](C)[C@@H](CO)[C@@H](O)c1ccccc1. The molecule has 0 amide bonds. The second kappa shape index (κ2) is 5.10. The van der Waals surface area contributed by atoms with Crippen LogP contribution in [-0.2, 0) is 0 Å². The highest BCUT2D eigenvalue weighted by atomic mass is 16.3. The summed E-state index contributed by atoms with van der Waals surface area (Å²) in [6.45, 7) is -0.0525. The Hall–Kier alpha value is -0.900. The topological polar surface area (TPSA) is 46.4 Å². The number of aliphatic hydroxyl groups excluding tert-OH is 2. The van der Waals surface area contributed by atoms with Crippen LogP contribution in [0.5, 0.6) is 0 Å². The predicted molar refractivity (Wildman–Crippen MR) is 56.3 cm³/mol. The van der Waals surface area contributed by atoms with E-state index in [0.29, 0.717) is 0 Å². The first-order valence-electron chi connectivity index (χ1n) is 4.67. The summed E-state index contributed by atoms with van der Waals surface area (Å²) < 4.78 is 0. The number of aliphatic hydroxyl groups is 2. The Kier molecular flexibility index (Phi) is 4.07. The van der Waals surface area contributed by atoms with Crippen LogP contribution in [0.4, 0.5) is 0 Å². The average Bonchev–Trinajstić information content (AvgIpc) is 2.19. The number of likely N-dealkylation sites (N-methyl/N-ethyl adjacent to an activating group) is 1. The van der Waals surface area contributed by atoms with Gasteiger partial charge in [-0.25, -0.2) is 0 Å². The minimum Gasteiger partial charge on any atom is -0.390 e. The van der Waals surface area contributed by atoms with E-state index in [-0.39, 0.29) is 12.6 Å². The van der Waals surface area contributed by atoms with Gasteiger partial charge < -0.3 is 10.2 Å². The number of benzene rings is 1. The Morgan fingerprint density at radius 2 is 1.79 bits per heavy atom. The van der Waals surface area contributed by atoms with Gasteiger partial charge in [-0.3, -0.25) is 0 Å². The molecule has 1 aromatic carbocycles. The fourth-order valence-corrected chi connectivity index (χ4v) is 1.42. The molecule has 0 heterocycles. The number of hydrogen-bond donors (Lipinski definition) is 2.